The van der Waals surface area contributed by atoms with Crippen molar-refractivity contribution in [3.05, 3.63) is 0 Å². The molecule has 2 unspecified atom stereocenters. The van der Waals surface area contributed by atoms with E-state index in [9.17, 15) is 4.79 Å². The second kappa shape index (κ2) is 7.42. The maximum atomic E-state index is 10.7. The second-order valence-corrected chi connectivity index (χ2v) is 7.52. The first kappa shape index (κ1) is 16.1. The van der Waals surface area contributed by atoms with E-state index in [0.717, 1.165) is 11.5 Å². The molecular formula is C10H22N2O2S2. The molecule has 0 aliphatic rings. The smallest absolute Gasteiger partial charge is 0.322 e. The molecule has 0 aromatic rings. The van der Waals surface area contributed by atoms with Crippen molar-refractivity contribution in [1.29, 1.82) is 0 Å². The van der Waals surface area contributed by atoms with E-state index in [1.54, 1.807) is 23.5 Å². The van der Waals surface area contributed by atoms with Crippen LogP contribution in [0.1, 0.15) is 27.2 Å². The first-order valence-corrected chi connectivity index (χ1v) is 7.35. The SMILES string of the molecule is CCSC(C)(CC(N)C(N)C(=O)O)SCC. The highest BCUT2D eigenvalue weighted by atomic mass is 32.2. The molecule has 0 aromatic carbocycles. The summed E-state index contributed by atoms with van der Waals surface area (Å²) in [5, 5.41) is 8.79. The molecule has 0 saturated heterocycles. The van der Waals surface area contributed by atoms with Gasteiger partial charge in [-0.1, -0.05) is 13.8 Å². The normalized spacial score (nSPS) is 15.8. The third-order valence-corrected chi connectivity index (χ3v) is 5.09. The van der Waals surface area contributed by atoms with Crippen LogP contribution in [-0.2, 0) is 4.79 Å². The summed E-state index contributed by atoms with van der Waals surface area (Å²) in [7, 11) is 0. The van der Waals surface area contributed by atoms with Gasteiger partial charge in [0.15, 0.2) is 0 Å². The van der Waals surface area contributed by atoms with Crippen LogP contribution in [0.15, 0.2) is 0 Å². The Morgan fingerprint density at radius 1 is 1.31 bits per heavy atom. The summed E-state index contributed by atoms with van der Waals surface area (Å²) in [6.45, 7) is 6.27. The quantitative estimate of drug-likeness (QED) is 0.574. The fourth-order valence-electron chi connectivity index (χ4n) is 1.51. The first-order valence-electron chi connectivity index (χ1n) is 5.38. The number of hydrogen-bond donors (Lipinski definition) is 3. The molecular weight excluding hydrogens is 244 g/mol. The van der Waals surface area contributed by atoms with Gasteiger partial charge in [0.05, 0.1) is 4.08 Å². The lowest BCUT2D eigenvalue weighted by atomic mass is 10.1. The Bertz CT molecular complexity index is 221. The van der Waals surface area contributed by atoms with Crippen LogP contribution < -0.4 is 11.5 Å². The summed E-state index contributed by atoms with van der Waals surface area (Å²) < 4.78 is -0.0456. The van der Waals surface area contributed by atoms with E-state index in [-0.39, 0.29) is 4.08 Å². The highest BCUT2D eigenvalue weighted by Crippen LogP contribution is 2.40. The van der Waals surface area contributed by atoms with Crippen molar-refractivity contribution in [3.63, 3.8) is 0 Å². The maximum absolute atomic E-state index is 10.7. The number of carboxylic acid groups (broad SMARTS) is 1. The maximum Gasteiger partial charge on any atom is 0.322 e. The van der Waals surface area contributed by atoms with Crippen LogP contribution in [0.2, 0.25) is 0 Å². The fourth-order valence-corrected chi connectivity index (χ4v) is 4.39. The van der Waals surface area contributed by atoms with Gasteiger partial charge in [0.2, 0.25) is 0 Å². The van der Waals surface area contributed by atoms with Crippen LogP contribution >= 0.6 is 23.5 Å². The molecule has 0 amide bonds. The minimum atomic E-state index is -1.03. The molecule has 4 nitrogen and oxygen atoms in total. The van der Waals surface area contributed by atoms with Crippen molar-refractivity contribution in [2.75, 3.05) is 11.5 Å². The average Bonchev–Trinajstić information content (AvgIpc) is 2.16. The predicted octanol–water partition coefficient (Wildman–Crippen LogP) is 1.34. The predicted molar refractivity (Wildman–Crippen MR) is 72.9 cm³/mol. The zero-order chi connectivity index (χ0) is 12.8. The fraction of sp³-hybridized carbons (Fsp3) is 0.900. The largest absolute Gasteiger partial charge is 0.480 e. The van der Waals surface area contributed by atoms with Crippen LogP contribution in [-0.4, -0.2) is 38.7 Å². The van der Waals surface area contributed by atoms with Gasteiger partial charge < -0.3 is 16.6 Å². The van der Waals surface area contributed by atoms with Crippen molar-refractivity contribution >= 4 is 29.5 Å². The van der Waals surface area contributed by atoms with Crippen LogP contribution in [0.4, 0.5) is 0 Å². The molecule has 16 heavy (non-hydrogen) atoms. The van der Waals surface area contributed by atoms with Gasteiger partial charge in [0.1, 0.15) is 6.04 Å². The lowest BCUT2D eigenvalue weighted by Gasteiger charge is -2.31. The molecule has 0 spiro atoms. The van der Waals surface area contributed by atoms with Gasteiger partial charge in [-0.2, -0.15) is 0 Å². The lowest BCUT2D eigenvalue weighted by molar-refractivity contribution is -0.139. The number of thioether (sulfide) groups is 2. The Balaban J connectivity index is 4.43. The molecule has 0 aliphatic heterocycles. The zero-order valence-electron chi connectivity index (χ0n) is 10.1. The second-order valence-electron chi connectivity index (χ2n) is 3.73. The van der Waals surface area contributed by atoms with E-state index in [4.69, 9.17) is 16.6 Å². The summed E-state index contributed by atoms with van der Waals surface area (Å²) in [6, 6.07) is -1.48. The van der Waals surface area contributed by atoms with Crippen molar-refractivity contribution in [2.45, 2.75) is 43.4 Å². The third kappa shape index (κ3) is 5.43. The van der Waals surface area contributed by atoms with Crippen LogP contribution in [0.3, 0.4) is 0 Å². The van der Waals surface area contributed by atoms with Crippen LogP contribution in [0.5, 0.6) is 0 Å². The monoisotopic (exact) mass is 266 g/mol. The van der Waals surface area contributed by atoms with Gasteiger partial charge in [-0.15, -0.1) is 23.5 Å². The number of carboxylic acids is 1. The summed E-state index contributed by atoms with van der Waals surface area (Å²) in [5.74, 6) is 0.940. The minimum absolute atomic E-state index is 0.0456. The molecule has 0 aliphatic carbocycles. The highest BCUT2D eigenvalue weighted by Gasteiger charge is 2.31. The van der Waals surface area contributed by atoms with Gasteiger partial charge in [0, 0.05) is 6.04 Å². The molecule has 2 atom stereocenters. The van der Waals surface area contributed by atoms with Crippen molar-refractivity contribution in [2.24, 2.45) is 11.5 Å². The third-order valence-electron chi connectivity index (χ3n) is 2.25. The molecule has 0 fully saturated rings. The number of nitrogens with two attached hydrogens (primary N) is 2. The average molecular weight is 266 g/mol. The van der Waals surface area contributed by atoms with Gasteiger partial charge in [-0.3, -0.25) is 4.79 Å². The van der Waals surface area contributed by atoms with E-state index in [1.807, 2.05) is 0 Å². The summed E-state index contributed by atoms with van der Waals surface area (Å²) in [5.41, 5.74) is 11.3. The van der Waals surface area contributed by atoms with Gasteiger partial charge in [-0.05, 0) is 24.9 Å². The molecule has 5 N–H and O–H groups in total. The van der Waals surface area contributed by atoms with Gasteiger partial charge >= 0.3 is 5.97 Å². The van der Waals surface area contributed by atoms with E-state index < -0.39 is 18.1 Å². The topological polar surface area (TPSA) is 89.3 Å². The molecule has 0 rings (SSSR count). The minimum Gasteiger partial charge on any atom is -0.480 e. The van der Waals surface area contributed by atoms with Crippen LogP contribution in [0.25, 0.3) is 0 Å². The number of aliphatic carboxylic acids is 1. The number of rotatable bonds is 8. The molecule has 0 heterocycles. The molecule has 96 valence electrons. The van der Waals surface area contributed by atoms with Crippen molar-refractivity contribution in [3.8, 4) is 0 Å². The number of hydrogen-bond acceptors (Lipinski definition) is 5. The Hall–Kier alpha value is 0.0900. The Morgan fingerprint density at radius 3 is 2.06 bits per heavy atom. The van der Waals surface area contributed by atoms with Gasteiger partial charge in [0.25, 0.3) is 0 Å². The Kier molecular flexibility index (Phi) is 7.46. The van der Waals surface area contributed by atoms with Crippen LogP contribution in [0, 0.1) is 0 Å². The zero-order valence-corrected chi connectivity index (χ0v) is 11.7. The Labute approximate surface area is 106 Å². The number of carbonyl (C=O) groups is 1. The lowest BCUT2D eigenvalue weighted by Crippen LogP contribution is -2.49. The van der Waals surface area contributed by atoms with E-state index >= 15 is 0 Å². The molecule has 0 aromatic heterocycles. The van der Waals surface area contributed by atoms with E-state index in [2.05, 4.69) is 20.8 Å². The molecule has 0 radical (unpaired) electrons. The molecule has 0 bridgehead atoms. The summed E-state index contributed by atoms with van der Waals surface area (Å²) >= 11 is 3.59. The standard InChI is InChI=1S/C10H22N2O2S2/c1-4-15-10(3,16-5-2)6-7(11)8(12)9(13)14/h7-8H,4-6,11-12H2,1-3H3,(H,13,14). The Morgan fingerprint density at radius 2 is 1.75 bits per heavy atom. The van der Waals surface area contributed by atoms with Crippen molar-refractivity contribution < 1.29 is 9.90 Å². The molecule has 0 saturated carbocycles. The van der Waals surface area contributed by atoms with E-state index in [1.165, 1.54) is 0 Å². The van der Waals surface area contributed by atoms with Crippen molar-refractivity contribution in [1.82, 2.24) is 0 Å². The first-order chi connectivity index (χ1) is 7.36. The molecule has 6 heteroatoms. The van der Waals surface area contributed by atoms with E-state index in [0.29, 0.717) is 6.42 Å². The summed E-state index contributed by atoms with van der Waals surface area (Å²) in [4.78, 5) is 10.7. The highest BCUT2D eigenvalue weighted by molar-refractivity contribution is 8.18. The van der Waals surface area contributed by atoms with Gasteiger partial charge in [-0.25, -0.2) is 0 Å². The summed E-state index contributed by atoms with van der Waals surface area (Å²) in [6.07, 6.45) is 0.609.